The maximum atomic E-state index is 11.1. The molecule has 4 aliphatic carbocycles. The van der Waals surface area contributed by atoms with Crippen LogP contribution in [0.4, 0.5) is 0 Å². The lowest BCUT2D eigenvalue weighted by Gasteiger charge is -2.66. The number of fused-ring (bicyclic) bond motifs is 5. The highest BCUT2D eigenvalue weighted by molar-refractivity contribution is 5.30. The van der Waals surface area contributed by atoms with Crippen LogP contribution in [0.2, 0.25) is 0 Å². The van der Waals surface area contributed by atoms with Crippen LogP contribution in [0.1, 0.15) is 126 Å². The SMILES string of the molecule is CC(CCC(OC(O)/C(OO)=C(/O)C(O)CCOO)C(C)(C)O)C1CCC2(C)C3CC=C4C(CCC(OC(O)OC(O)/C(O)=C(\O)C(O)CCO)C4(C)C)[C@@]3(C)CCC12C. The second-order valence-electron chi connectivity index (χ2n) is 19.7. The topological polar surface area (TPSA) is 289 Å². The zero-order chi connectivity index (χ0) is 45.2. The molecular weight excluding hydrogens is 788 g/mol. The summed E-state index contributed by atoms with van der Waals surface area (Å²) in [5.74, 6) is -2.58. The van der Waals surface area contributed by atoms with Crippen LogP contribution in [0.3, 0.4) is 0 Å². The molecule has 4 rings (SSSR count). The number of allylic oxidation sites excluding steroid dienone is 1. The highest BCUT2D eigenvalue weighted by atomic mass is 17.1. The lowest BCUT2D eigenvalue weighted by atomic mass is 9.39. The van der Waals surface area contributed by atoms with Gasteiger partial charge in [-0.3, -0.25) is 9.99 Å². The normalized spacial score (nSPS) is 34.6. The zero-order valence-corrected chi connectivity index (χ0v) is 36.5. The van der Waals surface area contributed by atoms with Crippen molar-refractivity contribution in [1.29, 1.82) is 0 Å². The van der Waals surface area contributed by atoms with Crippen molar-refractivity contribution in [2.45, 2.75) is 175 Å². The molecule has 14 atom stereocenters. The minimum absolute atomic E-state index is 0.00617. The zero-order valence-electron chi connectivity index (χ0n) is 36.5. The summed E-state index contributed by atoms with van der Waals surface area (Å²) >= 11 is 0. The Hall–Kier alpha value is -2.10. The molecule has 4 aliphatic rings. The van der Waals surface area contributed by atoms with Crippen LogP contribution >= 0.6 is 0 Å². The molecule has 60 heavy (non-hydrogen) atoms. The lowest BCUT2D eigenvalue weighted by molar-refractivity contribution is -0.336. The first kappa shape index (κ1) is 50.5. The fourth-order valence-corrected chi connectivity index (χ4v) is 11.9. The molecule has 0 bridgehead atoms. The third-order valence-electron chi connectivity index (χ3n) is 15.6. The van der Waals surface area contributed by atoms with Gasteiger partial charge in [0.2, 0.25) is 18.3 Å². The molecule has 3 fully saturated rings. The van der Waals surface area contributed by atoms with E-state index in [0.29, 0.717) is 31.1 Å². The summed E-state index contributed by atoms with van der Waals surface area (Å²) in [5.41, 5.74) is -0.670. The van der Waals surface area contributed by atoms with Crippen LogP contribution in [0.25, 0.3) is 0 Å². The quantitative estimate of drug-likeness (QED) is 0.0236. The summed E-state index contributed by atoms with van der Waals surface area (Å²) in [5, 5.41) is 120. The van der Waals surface area contributed by atoms with E-state index in [-0.39, 0.29) is 47.5 Å². The van der Waals surface area contributed by atoms with Gasteiger partial charge in [-0.15, -0.1) is 0 Å². The summed E-state index contributed by atoms with van der Waals surface area (Å²) in [6.45, 7) is 14.0. The minimum Gasteiger partial charge on any atom is -0.506 e. The summed E-state index contributed by atoms with van der Waals surface area (Å²) in [6, 6.07) is 0. The summed E-state index contributed by atoms with van der Waals surface area (Å²) in [7, 11) is 0. The maximum Gasteiger partial charge on any atom is 0.271 e. The van der Waals surface area contributed by atoms with Crippen LogP contribution in [0.5, 0.6) is 0 Å². The van der Waals surface area contributed by atoms with Gasteiger partial charge in [-0.2, -0.15) is 0 Å². The van der Waals surface area contributed by atoms with Crippen molar-refractivity contribution >= 4 is 0 Å². The molecule has 0 aliphatic heterocycles. The third-order valence-corrected chi connectivity index (χ3v) is 15.6. The fraction of sp³-hybridized carbons (Fsp3) is 0.860. The Labute approximate surface area is 353 Å². The molecule has 13 unspecified atom stereocenters. The van der Waals surface area contributed by atoms with Crippen LogP contribution in [0.15, 0.2) is 34.7 Å². The van der Waals surface area contributed by atoms with Crippen molar-refractivity contribution in [1.82, 2.24) is 0 Å². The summed E-state index contributed by atoms with van der Waals surface area (Å²) < 4.78 is 16.8. The molecule has 348 valence electrons. The van der Waals surface area contributed by atoms with Gasteiger partial charge < -0.3 is 65.4 Å². The molecule has 0 aromatic rings. The number of aliphatic hydroxyl groups is 10. The Kier molecular flexibility index (Phi) is 16.6. The van der Waals surface area contributed by atoms with Gasteiger partial charge in [0, 0.05) is 24.9 Å². The molecule has 0 spiro atoms. The maximum absolute atomic E-state index is 11.1. The van der Waals surface area contributed by atoms with E-state index in [1.54, 1.807) is 13.8 Å². The average Bonchev–Trinajstić information content (AvgIpc) is 3.45. The predicted molar refractivity (Wildman–Crippen MR) is 215 cm³/mol. The predicted octanol–water partition coefficient (Wildman–Crippen LogP) is 5.05. The van der Waals surface area contributed by atoms with E-state index in [1.807, 2.05) is 0 Å². The molecule has 17 heteroatoms. The summed E-state index contributed by atoms with van der Waals surface area (Å²) in [6.07, 6.45) is 0.297. The number of aliphatic hydroxyl groups excluding tert-OH is 9. The van der Waals surface area contributed by atoms with Gasteiger partial charge in [0.25, 0.3) is 6.48 Å². The van der Waals surface area contributed by atoms with Crippen molar-refractivity contribution in [3.63, 3.8) is 0 Å². The van der Waals surface area contributed by atoms with Crippen LogP contribution in [-0.2, 0) is 24.0 Å². The Morgan fingerprint density at radius 2 is 1.43 bits per heavy atom. The van der Waals surface area contributed by atoms with Crippen molar-refractivity contribution in [3.05, 3.63) is 34.7 Å². The number of hydrogen-bond acceptors (Lipinski definition) is 17. The Balaban J connectivity index is 1.46. The Bertz CT molecular complexity index is 1520. The first-order valence-electron chi connectivity index (χ1n) is 21.4. The van der Waals surface area contributed by atoms with E-state index in [1.165, 1.54) is 5.57 Å². The van der Waals surface area contributed by atoms with Crippen LogP contribution in [-0.4, -0.2) is 124 Å². The first-order chi connectivity index (χ1) is 27.8. The average molecular weight is 863 g/mol. The van der Waals surface area contributed by atoms with Crippen LogP contribution < -0.4 is 0 Å². The van der Waals surface area contributed by atoms with Crippen molar-refractivity contribution in [2.75, 3.05) is 13.2 Å². The lowest BCUT2D eigenvalue weighted by Crippen LogP contribution is -2.59. The number of hydrogen-bond donors (Lipinski definition) is 12. The van der Waals surface area contributed by atoms with Crippen molar-refractivity contribution in [2.24, 2.45) is 45.3 Å². The van der Waals surface area contributed by atoms with Gasteiger partial charge in [0.1, 0.15) is 12.2 Å². The standard InChI is InChI=1S/C43H74O17/c1-23(9-13-31(40(4,5)53)57-37(51)35(60-55)33(48)28(46)17-22-56-54)24-15-18-43(8)29-12-10-25-26(41(29,6)19-20-42(24,43)7)11-14-30(39(25,2)3)58-38(52)59-36(50)34(49)32(47)27(45)16-21-44/h10,23-24,26-31,36-38,44-55H,9,11-22H2,1-8H3/b34-32+,35-33-/t23?,24?,26?,27?,28?,29?,30?,31?,36?,37?,38?,41-,42?,43?/m1/s1. The fourth-order valence-electron chi connectivity index (χ4n) is 11.9. The largest absolute Gasteiger partial charge is 0.506 e. The molecule has 0 radical (unpaired) electrons. The van der Waals surface area contributed by atoms with Gasteiger partial charge in [-0.1, -0.05) is 53.2 Å². The molecule has 0 aromatic heterocycles. The van der Waals surface area contributed by atoms with E-state index in [9.17, 15) is 51.2 Å². The van der Waals surface area contributed by atoms with Crippen molar-refractivity contribution < 1.29 is 85.6 Å². The van der Waals surface area contributed by atoms with Gasteiger partial charge in [0.15, 0.2) is 17.3 Å². The summed E-state index contributed by atoms with van der Waals surface area (Å²) in [4.78, 5) is 8.10. The second kappa shape index (κ2) is 19.7. The molecule has 0 saturated heterocycles. The number of rotatable bonds is 21. The smallest absolute Gasteiger partial charge is 0.271 e. The Morgan fingerprint density at radius 1 is 0.783 bits per heavy atom. The van der Waals surface area contributed by atoms with Gasteiger partial charge in [-0.05, 0) is 112 Å². The molecule has 0 aromatic carbocycles. The van der Waals surface area contributed by atoms with E-state index in [0.717, 1.165) is 38.5 Å². The van der Waals surface area contributed by atoms with Gasteiger partial charge >= 0.3 is 0 Å². The van der Waals surface area contributed by atoms with Crippen molar-refractivity contribution in [3.8, 4) is 0 Å². The minimum atomic E-state index is -2.18. The molecule has 0 amide bonds. The number of ether oxygens (including phenoxy) is 3. The van der Waals surface area contributed by atoms with Gasteiger partial charge in [-0.25, -0.2) is 10.1 Å². The van der Waals surface area contributed by atoms with E-state index in [4.69, 9.17) is 24.6 Å². The molecule has 0 heterocycles. The molecular formula is C43H74O17. The third kappa shape index (κ3) is 9.98. The molecule has 17 nitrogen and oxygen atoms in total. The molecule has 3 saturated carbocycles. The van der Waals surface area contributed by atoms with Gasteiger partial charge in [0.05, 0.1) is 24.4 Å². The molecule has 12 N–H and O–H groups in total. The highest BCUT2D eigenvalue weighted by Crippen LogP contribution is 2.75. The van der Waals surface area contributed by atoms with E-state index >= 15 is 0 Å². The van der Waals surface area contributed by atoms with E-state index < -0.39 is 84.1 Å². The van der Waals surface area contributed by atoms with Crippen LogP contribution in [0, 0.1) is 45.3 Å². The Morgan fingerprint density at radius 3 is 2.03 bits per heavy atom. The second-order valence-corrected chi connectivity index (χ2v) is 19.7. The highest BCUT2D eigenvalue weighted by Gasteiger charge is 2.67. The first-order valence-corrected chi connectivity index (χ1v) is 21.4. The monoisotopic (exact) mass is 862 g/mol. The van der Waals surface area contributed by atoms with E-state index in [2.05, 4.69) is 57.4 Å².